The molecule has 7 heteroatoms. The molecule has 0 radical (unpaired) electrons. The molecule has 0 heterocycles. The van der Waals surface area contributed by atoms with Crippen molar-refractivity contribution < 1.29 is 23.9 Å². The van der Waals surface area contributed by atoms with Gasteiger partial charge in [0, 0.05) is 5.54 Å². The highest BCUT2D eigenvalue weighted by atomic mass is 16.5. The third-order valence-electron chi connectivity index (χ3n) is 2.71. The van der Waals surface area contributed by atoms with Crippen LogP contribution in [0.15, 0.2) is 24.3 Å². The summed E-state index contributed by atoms with van der Waals surface area (Å²) in [7, 11) is 1.43. The summed E-state index contributed by atoms with van der Waals surface area (Å²) in [4.78, 5) is 35.6. The second-order valence-corrected chi connectivity index (χ2v) is 5.94. The van der Waals surface area contributed by atoms with Gasteiger partial charge in [-0.15, -0.1) is 0 Å². The second-order valence-electron chi connectivity index (χ2n) is 5.94. The van der Waals surface area contributed by atoms with E-state index in [0.717, 1.165) is 0 Å². The highest BCUT2D eigenvalue weighted by Gasteiger charge is 2.23. The van der Waals surface area contributed by atoms with Gasteiger partial charge in [-0.05, 0) is 39.8 Å². The Labute approximate surface area is 135 Å². The summed E-state index contributed by atoms with van der Waals surface area (Å²) in [5, 5.41) is 4.70. The number of hydrogen-bond donors (Lipinski definition) is 2. The molecular weight excluding hydrogens is 300 g/mol. The fraction of sp³-hybridized carbons (Fsp3) is 0.438. The van der Waals surface area contributed by atoms with E-state index in [9.17, 15) is 14.4 Å². The lowest BCUT2D eigenvalue weighted by Crippen LogP contribution is -2.50. The number of hydrogen-bond acceptors (Lipinski definition) is 5. The molecule has 0 aliphatic rings. The molecule has 0 saturated heterocycles. The van der Waals surface area contributed by atoms with Crippen LogP contribution in [0.3, 0.4) is 0 Å². The molecule has 1 rings (SSSR count). The Morgan fingerprint density at radius 3 is 2.30 bits per heavy atom. The molecule has 0 aromatic heterocycles. The van der Waals surface area contributed by atoms with Gasteiger partial charge in [-0.25, -0.2) is 9.59 Å². The quantitative estimate of drug-likeness (QED) is 0.825. The van der Waals surface area contributed by atoms with E-state index in [1.54, 1.807) is 39.0 Å². The number of ether oxygens (including phenoxy) is 2. The molecule has 0 spiro atoms. The number of urea groups is 1. The first-order chi connectivity index (χ1) is 10.6. The normalized spacial score (nSPS) is 12.0. The number of carbonyl (C=O) groups excluding carboxylic acids is 3. The van der Waals surface area contributed by atoms with Crippen LogP contribution >= 0.6 is 0 Å². The number of esters is 1. The Kier molecular flexibility index (Phi) is 6.12. The van der Waals surface area contributed by atoms with E-state index in [4.69, 9.17) is 9.47 Å². The third kappa shape index (κ3) is 5.98. The molecule has 7 nitrogen and oxygen atoms in total. The van der Waals surface area contributed by atoms with Gasteiger partial charge in [0.1, 0.15) is 11.3 Å². The largest absolute Gasteiger partial charge is 0.496 e. The number of para-hydroxylation sites is 1. The molecule has 23 heavy (non-hydrogen) atoms. The fourth-order valence-electron chi connectivity index (χ4n) is 1.68. The molecule has 0 bridgehead atoms. The highest BCUT2D eigenvalue weighted by molar-refractivity contribution is 5.99. The van der Waals surface area contributed by atoms with Crippen LogP contribution in [0.2, 0.25) is 0 Å². The molecule has 1 atom stereocenters. The maximum Gasteiger partial charge on any atom is 0.342 e. The number of imide groups is 1. The lowest BCUT2D eigenvalue weighted by Gasteiger charge is -2.21. The van der Waals surface area contributed by atoms with E-state index < -0.39 is 29.6 Å². The monoisotopic (exact) mass is 322 g/mol. The Morgan fingerprint density at radius 2 is 1.74 bits per heavy atom. The van der Waals surface area contributed by atoms with E-state index in [0.29, 0.717) is 5.75 Å². The van der Waals surface area contributed by atoms with Gasteiger partial charge in [0.2, 0.25) is 0 Å². The van der Waals surface area contributed by atoms with E-state index in [2.05, 4.69) is 10.6 Å². The van der Waals surface area contributed by atoms with E-state index in [1.165, 1.54) is 20.1 Å². The Bertz CT molecular complexity index is 592. The van der Waals surface area contributed by atoms with Crippen LogP contribution in [0, 0.1) is 0 Å². The first-order valence-electron chi connectivity index (χ1n) is 7.11. The lowest BCUT2D eigenvalue weighted by atomic mass is 10.1. The number of rotatable bonds is 4. The number of methoxy groups -OCH3 is 1. The van der Waals surface area contributed by atoms with Crippen LogP contribution in [0.4, 0.5) is 4.79 Å². The summed E-state index contributed by atoms with van der Waals surface area (Å²) < 4.78 is 10.1. The van der Waals surface area contributed by atoms with Crippen molar-refractivity contribution in [3.8, 4) is 5.75 Å². The molecule has 0 aliphatic carbocycles. The maximum absolute atomic E-state index is 12.1. The second kappa shape index (κ2) is 7.62. The third-order valence-corrected chi connectivity index (χ3v) is 2.71. The summed E-state index contributed by atoms with van der Waals surface area (Å²) >= 11 is 0. The van der Waals surface area contributed by atoms with Crippen molar-refractivity contribution in [2.24, 2.45) is 0 Å². The predicted octanol–water partition coefficient (Wildman–Crippen LogP) is 1.86. The van der Waals surface area contributed by atoms with Crippen LogP contribution in [0.1, 0.15) is 38.1 Å². The summed E-state index contributed by atoms with van der Waals surface area (Å²) in [5.41, 5.74) is -0.282. The van der Waals surface area contributed by atoms with E-state index in [-0.39, 0.29) is 5.56 Å². The van der Waals surface area contributed by atoms with E-state index >= 15 is 0 Å². The van der Waals surface area contributed by atoms with Crippen molar-refractivity contribution in [3.05, 3.63) is 29.8 Å². The minimum Gasteiger partial charge on any atom is -0.496 e. The van der Waals surface area contributed by atoms with Crippen molar-refractivity contribution in [2.75, 3.05) is 7.11 Å². The van der Waals surface area contributed by atoms with Gasteiger partial charge in [-0.1, -0.05) is 12.1 Å². The molecule has 3 amide bonds. The number of carbonyl (C=O) groups is 3. The van der Waals surface area contributed by atoms with Gasteiger partial charge in [0.25, 0.3) is 5.91 Å². The Morgan fingerprint density at radius 1 is 1.13 bits per heavy atom. The van der Waals surface area contributed by atoms with Crippen molar-refractivity contribution in [3.63, 3.8) is 0 Å². The van der Waals surface area contributed by atoms with Crippen LogP contribution in [0.5, 0.6) is 5.75 Å². The molecule has 1 aromatic carbocycles. The smallest absolute Gasteiger partial charge is 0.342 e. The highest BCUT2D eigenvalue weighted by Crippen LogP contribution is 2.18. The standard InChI is InChI=1S/C16H22N2O5/c1-10(13(19)17-15(21)18-16(2,3)4)23-14(20)11-8-6-7-9-12(11)22-5/h6-10H,1-5H3,(H2,17,18,19,21). The zero-order valence-electron chi connectivity index (χ0n) is 13.9. The van der Waals surface area contributed by atoms with Crippen LogP contribution in [-0.4, -0.2) is 36.7 Å². The zero-order chi connectivity index (χ0) is 17.6. The fourth-order valence-corrected chi connectivity index (χ4v) is 1.68. The molecular formula is C16H22N2O5. The molecule has 0 fully saturated rings. The van der Waals surface area contributed by atoms with Gasteiger partial charge in [-0.3, -0.25) is 10.1 Å². The topological polar surface area (TPSA) is 93.7 Å². The maximum atomic E-state index is 12.1. The van der Waals surface area contributed by atoms with Crippen LogP contribution < -0.4 is 15.4 Å². The van der Waals surface area contributed by atoms with Crippen molar-refractivity contribution in [1.82, 2.24) is 10.6 Å². The molecule has 0 saturated carbocycles. The van der Waals surface area contributed by atoms with Crippen LogP contribution in [0.25, 0.3) is 0 Å². The van der Waals surface area contributed by atoms with Gasteiger partial charge in [0.05, 0.1) is 7.11 Å². The minimum absolute atomic E-state index is 0.203. The average molecular weight is 322 g/mol. The first kappa shape index (κ1) is 18.5. The van der Waals surface area contributed by atoms with Crippen LogP contribution in [-0.2, 0) is 9.53 Å². The number of nitrogens with one attached hydrogen (secondary N) is 2. The Balaban J connectivity index is 2.64. The van der Waals surface area contributed by atoms with Gasteiger partial charge in [0.15, 0.2) is 6.10 Å². The summed E-state index contributed by atoms with van der Waals surface area (Å²) in [5.74, 6) is -1.08. The molecule has 0 aliphatic heterocycles. The summed E-state index contributed by atoms with van der Waals surface area (Å²) in [6, 6.07) is 5.85. The first-order valence-corrected chi connectivity index (χ1v) is 7.11. The molecule has 2 N–H and O–H groups in total. The van der Waals surface area contributed by atoms with E-state index in [1.807, 2.05) is 0 Å². The predicted molar refractivity (Wildman–Crippen MR) is 84.3 cm³/mol. The Hall–Kier alpha value is -2.57. The summed E-state index contributed by atoms with van der Waals surface area (Å²) in [6.07, 6.45) is -1.13. The SMILES string of the molecule is COc1ccccc1C(=O)OC(C)C(=O)NC(=O)NC(C)(C)C. The number of amides is 3. The minimum atomic E-state index is -1.13. The molecule has 126 valence electrons. The lowest BCUT2D eigenvalue weighted by molar-refractivity contribution is -0.127. The average Bonchev–Trinajstić information content (AvgIpc) is 2.44. The van der Waals surface area contributed by atoms with Gasteiger partial charge < -0.3 is 14.8 Å². The number of benzene rings is 1. The van der Waals surface area contributed by atoms with Gasteiger partial charge in [-0.2, -0.15) is 0 Å². The van der Waals surface area contributed by atoms with Crippen molar-refractivity contribution in [2.45, 2.75) is 39.3 Å². The van der Waals surface area contributed by atoms with Crippen molar-refractivity contribution in [1.29, 1.82) is 0 Å². The molecule has 1 unspecified atom stereocenters. The summed E-state index contributed by atoms with van der Waals surface area (Å²) in [6.45, 7) is 6.72. The molecule has 1 aromatic rings. The van der Waals surface area contributed by atoms with Gasteiger partial charge >= 0.3 is 12.0 Å². The van der Waals surface area contributed by atoms with Crippen molar-refractivity contribution >= 4 is 17.9 Å². The zero-order valence-corrected chi connectivity index (χ0v) is 13.9.